The van der Waals surface area contributed by atoms with Crippen LogP contribution in [0.5, 0.6) is 5.75 Å². The Bertz CT molecular complexity index is 1010. The number of rotatable bonds is 6. The lowest BCUT2D eigenvalue weighted by molar-refractivity contribution is -0.0493. The van der Waals surface area contributed by atoms with Crippen molar-refractivity contribution in [1.82, 2.24) is 9.78 Å². The Hall–Kier alpha value is -2.52. The average Bonchev–Trinajstić information content (AvgIpc) is 2.98. The van der Waals surface area contributed by atoms with Gasteiger partial charge < -0.3 is 15.4 Å². The molecule has 3 aromatic rings. The van der Waals surface area contributed by atoms with Gasteiger partial charge in [0.05, 0.1) is 16.7 Å². The molecule has 0 saturated carbocycles. The third-order valence-corrected chi connectivity index (χ3v) is 4.80. The molecule has 0 radical (unpaired) electrons. The third-order valence-electron chi connectivity index (χ3n) is 4.01. The fourth-order valence-electron chi connectivity index (χ4n) is 2.64. The van der Waals surface area contributed by atoms with Gasteiger partial charge in [-0.15, -0.1) is 0 Å². The van der Waals surface area contributed by atoms with Gasteiger partial charge in [-0.1, -0.05) is 35.9 Å². The second kappa shape index (κ2) is 9.32. The number of nitrogens with zero attached hydrogens (tertiary/aromatic N) is 2. The largest absolute Gasteiger partial charge is 0.433 e. The number of aryl methyl sites for hydroxylation is 2. The summed E-state index contributed by atoms with van der Waals surface area (Å²) in [5.74, 6) is 0.525. The lowest BCUT2D eigenvalue weighted by Gasteiger charge is -2.14. The van der Waals surface area contributed by atoms with Crippen molar-refractivity contribution in [2.45, 2.75) is 27.0 Å². The molecule has 2 N–H and O–H groups in total. The van der Waals surface area contributed by atoms with E-state index in [1.54, 1.807) is 16.8 Å². The van der Waals surface area contributed by atoms with Crippen molar-refractivity contribution in [3.63, 3.8) is 0 Å². The van der Waals surface area contributed by atoms with Crippen LogP contribution in [0.25, 0.3) is 0 Å². The highest BCUT2D eigenvalue weighted by Gasteiger charge is 2.13. The van der Waals surface area contributed by atoms with Gasteiger partial charge in [0, 0.05) is 6.20 Å². The summed E-state index contributed by atoms with van der Waals surface area (Å²) in [6.07, 6.45) is 1.84. The van der Waals surface area contributed by atoms with Crippen LogP contribution in [0.3, 0.4) is 0 Å². The Kier molecular flexibility index (Phi) is 6.81. The van der Waals surface area contributed by atoms with Gasteiger partial charge in [0.25, 0.3) is 0 Å². The molecule has 0 aliphatic heterocycles. The SMILES string of the molecule is Cc1ccc(Cn2cc(Br)c(NC(=S)Nc3cc(C)ccc3OC(F)F)n2)cc1. The first-order chi connectivity index (χ1) is 13.8. The van der Waals surface area contributed by atoms with Gasteiger partial charge in [-0.2, -0.15) is 13.9 Å². The molecule has 9 heteroatoms. The molecule has 29 heavy (non-hydrogen) atoms. The van der Waals surface area contributed by atoms with Crippen molar-refractivity contribution in [2.75, 3.05) is 10.6 Å². The van der Waals surface area contributed by atoms with Crippen molar-refractivity contribution < 1.29 is 13.5 Å². The zero-order valence-corrected chi connectivity index (χ0v) is 18.2. The zero-order valence-electron chi connectivity index (χ0n) is 15.7. The highest BCUT2D eigenvalue weighted by Crippen LogP contribution is 2.28. The summed E-state index contributed by atoms with van der Waals surface area (Å²) in [5.41, 5.74) is 3.53. The van der Waals surface area contributed by atoms with Gasteiger partial charge in [0.1, 0.15) is 5.75 Å². The predicted octanol–water partition coefficient (Wildman–Crippen LogP) is 5.72. The summed E-state index contributed by atoms with van der Waals surface area (Å²) in [6, 6.07) is 13.0. The molecule has 0 unspecified atom stereocenters. The number of halogens is 3. The molecule has 0 spiro atoms. The van der Waals surface area contributed by atoms with E-state index < -0.39 is 6.61 Å². The highest BCUT2D eigenvalue weighted by atomic mass is 79.9. The van der Waals surface area contributed by atoms with Gasteiger partial charge in [-0.25, -0.2) is 0 Å². The maximum atomic E-state index is 12.6. The Morgan fingerprint density at radius 2 is 1.83 bits per heavy atom. The average molecular weight is 481 g/mol. The molecule has 152 valence electrons. The van der Waals surface area contributed by atoms with Crippen LogP contribution in [-0.2, 0) is 6.54 Å². The molecule has 0 saturated heterocycles. The second-order valence-corrected chi connectivity index (χ2v) is 7.73. The number of hydrogen-bond acceptors (Lipinski definition) is 3. The van der Waals surface area contributed by atoms with E-state index in [0.717, 1.165) is 15.6 Å². The van der Waals surface area contributed by atoms with Crippen molar-refractivity contribution in [1.29, 1.82) is 0 Å². The van der Waals surface area contributed by atoms with Crippen LogP contribution in [0.15, 0.2) is 53.1 Å². The van der Waals surface area contributed by atoms with Crippen molar-refractivity contribution >= 4 is 44.8 Å². The van der Waals surface area contributed by atoms with Crippen LogP contribution in [0, 0.1) is 13.8 Å². The summed E-state index contributed by atoms with van der Waals surface area (Å²) in [4.78, 5) is 0. The van der Waals surface area contributed by atoms with E-state index in [0.29, 0.717) is 18.1 Å². The molecule has 1 heterocycles. The number of anilines is 2. The number of alkyl halides is 2. The number of ether oxygens (including phenoxy) is 1. The molecule has 2 aromatic carbocycles. The van der Waals surface area contributed by atoms with E-state index in [1.807, 2.05) is 44.3 Å². The zero-order chi connectivity index (χ0) is 21.0. The van der Waals surface area contributed by atoms with E-state index in [1.165, 1.54) is 11.6 Å². The summed E-state index contributed by atoms with van der Waals surface area (Å²) in [5, 5.41) is 10.5. The summed E-state index contributed by atoms with van der Waals surface area (Å²) >= 11 is 8.77. The lowest BCUT2D eigenvalue weighted by Crippen LogP contribution is -2.20. The third kappa shape index (κ3) is 5.98. The number of aromatic nitrogens is 2. The summed E-state index contributed by atoms with van der Waals surface area (Å²) in [7, 11) is 0. The quantitative estimate of drug-likeness (QED) is 0.441. The van der Waals surface area contributed by atoms with Gasteiger partial charge in [0.15, 0.2) is 10.9 Å². The fraction of sp³-hybridized carbons (Fsp3) is 0.200. The fourth-order valence-corrected chi connectivity index (χ4v) is 3.27. The number of benzene rings is 2. The van der Waals surface area contributed by atoms with Crippen LogP contribution in [-0.4, -0.2) is 21.5 Å². The molecular weight excluding hydrogens is 462 g/mol. The molecule has 0 bridgehead atoms. The van der Waals surface area contributed by atoms with E-state index >= 15 is 0 Å². The van der Waals surface area contributed by atoms with E-state index in [9.17, 15) is 8.78 Å². The number of hydrogen-bond donors (Lipinski definition) is 2. The summed E-state index contributed by atoms with van der Waals surface area (Å²) < 4.78 is 32.3. The van der Waals surface area contributed by atoms with E-state index in [-0.39, 0.29) is 10.9 Å². The standard InChI is InChI=1S/C20H19BrF2N4OS/c1-12-3-6-14(7-4-12)10-27-11-15(21)18(26-27)25-20(29)24-16-9-13(2)5-8-17(16)28-19(22)23/h3-9,11,19H,10H2,1-2H3,(H2,24,25,26,29). The van der Waals surface area contributed by atoms with Crippen LogP contribution >= 0.6 is 28.1 Å². The van der Waals surface area contributed by atoms with Gasteiger partial charge in [-0.3, -0.25) is 4.68 Å². The van der Waals surface area contributed by atoms with E-state index in [2.05, 4.69) is 36.4 Å². The molecule has 1 aromatic heterocycles. The Morgan fingerprint density at radius 3 is 2.52 bits per heavy atom. The number of thiocarbonyl (C=S) groups is 1. The first kappa shape index (κ1) is 21.2. The molecule has 0 atom stereocenters. The maximum Gasteiger partial charge on any atom is 0.387 e. The Labute approximate surface area is 181 Å². The topological polar surface area (TPSA) is 51.1 Å². The molecule has 0 aliphatic rings. The summed E-state index contributed by atoms with van der Waals surface area (Å²) in [6.45, 7) is 1.56. The van der Waals surface area contributed by atoms with Crippen molar-refractivity contribution in [2.24, 2.45) is 0 Å². The van der Waals surface area contributed by atoms with Crippen LogP contribution in [0.4, 0.5) is 20.3 Å². The molecule has 3 rings (SSSR count). The van der Waals surface area contributed by atoms with Crippen LogP contribution in [0.1, 0.15) is 16.7 Å². The Balaban J connectivity index is 1.69. The monoisotopic (exact) mass is 480 g/mol. The predicted molar refractivity (Wildman–Crippen MR) is 118 cm³/mol. The minimum Gasteiger partial charge on any atom is -0.433 e. The van der Waals surface area contributed by atoms with Crippen molar-refractivity contribution in [3.8, 4) is 5.75 Å². The minimum atomic E-state index is -2.92. The molecule has 0 amide bonds. The Morgan fingerprint density at radius 1 is 1.14 bits per heavy atom. The first-order valence-corrected chi connectivity index (χ1v) is 9.92. The van der Waals surface area contributed by atoms with E-state index in [4.69, 9.17) is 12.2 Å². The maximum absolute atomic E-state index is 12.6. The smallest absolute Gasteiger partial charge is 0.387 e. The highest BCUT2D eigenvalue weighted by molar-refractivity contribution is 9.10. The van der Waals surface area contributed by atoms with Gasteiger partial charge in [-0.05, 0) is 65.3 Å². The van der Waals surface area contributed by atoms with Gasteiger partial charge >= 0.3 is 6.61 Å². The first-order valence-electron chi connectivity index (χ1n) is 8.72. The minimum absolute atomic E-state index is 0.0127. The lowest BCUT2D eigenvalue weighted by atomic mass is 10.1. The molecular formula is C20H19BrF2N4OS. The molecule has 5 nitrogen and oxygen atoms in total. The van der Waals surface area contributed by atoms with Crippen LogP contribution in [0.2, 0.25) is 0 Å². The van der Waals surface area contributed by atoms with Crippen molar-refractivity contribution in [3.05, 3.63) is 69.8 Å². The number of nitrogens with one attached hydrogen (secondary N) is 2. The normalized spacial score (nSPS) is 10.8. The molecule has 0 fully saturated rings. The molecule has 0 aliphatic carbocycles. The van der Waals surface area contributed by atoms with Crippen LogP contribution < -0.4 is 15.4 Å². The van der Waals surface area contributed by atoms with Gasteiger partial charge in [0.2, 0.25) is 0 Å². The second-order valence-electron chi connectivity index (χ2n) is 6.47.